The van der Waals surface area contributed by atoms with Crippen molar-refractivity contribution in [3.05, 3.63) is 71.8 Å². The summed E-state index contributed by atoms with van der Waals surface area (Å²) >= 11 is 0. The van der Waals surface area contributed by atoms with Crippen LogP contribution in [0, 0.1) is 0 Å². The molecule has 1 aliphatic carbocycles. The highest BCUT2D eigenvalue weighted by atomic mass is 15.1. The number of hydrogen-bond acceptors (Lipinski definition) is 2. The third-order valence-corrected chi connectivity index (χ3v) is 4.13. The Kier molecular flexibility index (Phi) is 4.38. The van der Waals surface area contributed by atoms with E-state index in [4.69, 9.17) is 4.99 Å². The summed E-state index contributed by atoms with van der Waals surface area (Å²) in [6.45, 7) is 6.42. The molecule has 2 nitrogen and oxygen atoms in total. The average molecular weight is 290 g/mol. The molecule has 2 heteroatoms. The predicted molar refractivity (Wildman–Crippen MR) is 95.5 cm³/mol. The van der Waals surface area contributed by atoms with E-state index in [2.05, 4.69) is 79.4 Å². The van der Waals surface area contributed by atoms with Gasteiger partial charge in [0.25, 0.3) is 0 Å². The minimum atomic E-state index is 0.996. The van der Waals surface area contributed by atoms with Crippen LogP contribution in [-0.2, 0) is 6.42 Å². The van der Waals surface area contributed by atoms with Crippen LogP contribution < -0.4 is 4.90 Å². The first-order chi connectivity index (χ1) is 10.8. The molecule has 3 rings (SSSR count). The first-order valence-corrected chi connectivity index (χ1v) is 8.00. The summed E-state index contributed by atoms with van der Waals surface area (Å²) in [5, 5.41) is 0. The summed E-state index contributed by atoms with van der Waals surface area (Å²) in [7, 11) is 0. The van der Waals surface area contributed by atoms with Gasteiger partial charge in [-0.1, -0.05) is 30.3 Å². The largest absolute Gasteiger partial charge is 0.372 e. The van der Waals surface area contributed by atoms with Gasteiger partial charge in [-0.25, -0.2) is 4.99 Å². The first-order valence-electron chi connectivity index (χ1n) is 8.00. The molecule has 0 saturated carbocycles. The van der Waals surface area contributed by atoms with E-state index in [1.807, 2.05) is 0 Å². The van der Waals surface area contributed by atoms with E-state index in [-0.39, 0.29) is 0 Å². The molecule has 0 bridgehead atoms. The van der Waals surface area contributed by atoms with Crippen molar-refractivity contribution in [2.75, 3.05) is 18.0 Å². The van der Waals surface area contributed by atoms with Gasteiger partial charge in [-0.15, -0.1) is 0 Å². The maximum Gasteiger partial charge on any atom is 0.0709 e. The summed E-state index contributed by atoms with van der Waals surface area (Å²) in [5.41, 5.74) is 5.92. The van der Waals surface area contributed by atoms with Gasteiger partial charge in [-0.2, -0.15) is 0 Å². The van der Waals surface area contributed by atoms with Crippen molar-refractivity contribution >= 4 is 17.1 Å². The summed E-state index contributed by atoms with van der Waals surface area (Å²) < 4.78 is 0. The lowest BCUT2D eigenvalue weighted by Gasteiger charge is -2.20. The van der Waals surface area contributed by atoms with Gasteiger partial charge in [0.1, 0.15) is 0 Å². The molecule has 0 heterocycles. The SMILES string of the molecule is CCN(CC)c1ccc(N=C2C=CCc3ccccc32)cc1. The van der Waals surface area contributed by atoms with Crippen molar-refractivity contribution in [3.63, 3.8) is 0 Å². The van der Waals surface area contributed by atoms with E-state index in [9.17, 15) is 0 Å². The minimum absolute atomic E-state index is 0.996. The minimum Gasteiger partial charge on any atom is -0.372 e. The maximum absolute atomic E-state index is 4.82. The highest BCUT2D eigenvalue weighted by molar-refractivity contribution is 6.11. The Hall–Kier alpha value is -2.35. The zero-order chi connectivity index (χ0) is 15.4. The van der Waals surface area contributed by atoms with Crippen LogP contribution in [0.25, 0.3) is 0 Å². The van der Waals surface area contributed by atoms with Crippen LogP contribution in [0.4, 0.5) is 11.4 Å². The Morgan fingerprint density at radius 3 is 2.41 bits per heavy atom. The molecule has 2 aromatic rings. The summed E-state index contributed by atoms with van der Waals surface area (Å²) in [4.78, 5) is 7.16. The lowest BCUT2D eigenvalue weighted by Crippen LogP contribution is -2.21. The van der Waals surface area contributed by atoms with Crippen molar-refractivity contribution in [1.82, 2.24) is 0 Å². The molecule has 0 fully saturated rings. The molecule has 0 amide bonds. The van der Waals surface area contributed by atoms with Crippen molar-refractivity contribution in [2.24, 2.45) is 4.99 Å². The number of rotatable bonds is 4. The van der Waals surface area contributed by atoms with Crippen LogP contribution in [0.3, 0.4) is 0 Å². The van der Waals surface area contributed by atoms with E-state index >= 15 is 0 Å². The van der Waals surface area contributed by atoms with E-state index < -0.39 is 0 Å². The second-order valence-electron chi connectivity index (χ2n) is 5.45. The lowest BCUT2D eigenvalue weighted by atomic mass is 9.95. The number of aliphatic imine (C=N–C) groups is 1. The monoisotopic (exact) mass is 290 g/mol. The van der Waals surface area contributed by atoms with Crippen LogP contribution in [0.1, 0.15) is 25.0 Å². The molecule has 0 spiro atoms. The lowest BCUT2D eigenvalue weighted by molar-refractivity contribution is 0.866. The Balaban J connectivity index is 1.89. The second-order valence-corrected chi connectivity index (χ2v) is 5.45. The third kappa shape index (κ3) is 2.96. The van der Waals surface area contributed by atoms with Gasteiger partial charge in [-0.05, 0) is 56.2 Å². The van der Waals surface area contributed by atoms with Crippen molar-refractivity contribution in [2.45, 2.75) is 20.3 Å². The number of benzene rings is 2. The molecular formula is C20H22N2. The molecule has 0 saturated heterocycles. The first kappa shape index (κ1) is 14.6. The van der Waals surface area contributed by atoms with Crippen molar-refractivity contribution < 1.29 is 0 Å². The molecule has 2 aromatic carbocycles. The number of anilines is 1. The van der Waals surface area contributed by atoms with Crippen LogP contribution in [0.5, 0.6) is 0 Å². The van der Waals surface area contributed by atoms with E-state index in [0.717, 1.165) is 30.9 Å². The number of allylic oxidation sites excluding steroid dienone is 2. The number of nitrogens with zero attached hydrogens (tertiary/aromatic N) is 2. The second kappa shape index (κ2) is 6.61. The summed E-state index contributed by atoms with van der Waals surface area (Å²) in [5.74, 6) is 0. The highest BCUT2D eigenvalue weighted by Gasteiger charge is 2.10. The molecule has 112 valence electrons. The fraction of sp³-hybridized carbons (Fsp3) is 0.250. The van der Waals surface area contributed by atoms with Gasteiger partial charge in [0.15, 0.2) is 0 Å². The number of hydrogen-bond donors (Lipinski definition) is 0. The zero-order valence-corrected chi connectivity index (χ0v) is 13.3. The highest BCUT2D eigenvalue weighted by Crippen LogP contribution is 2.23. The van der Waals surface area contributed by atoms with Crippen LogP contribution in [-0.4, -0.2) is 18.8 Å². The Bertz CT molecular complexity index is 692. The third-order valence-electron chi connectivity index (χ3n) is 4.13. The van der Waals surface area contributed by atoms with Crippen molar-refractivity contribution in [1.29, 1.82) is 0 Å². The smallest absolute Gasteiger partial charge is 0.0709 e. The maximum atomic E-state index is 4.82. The normalized spacial score (nSPS) is 14.9. The van der Waals surface area contributed by atoms with Gasteiger partial charge in [-0.3, -0.25) is 0 Å². The molecular weight excluding hydrogens is 268 g/mol. The predicted octanol–water partition coefficient (Wildman–Crippen LogP) is 4.77. The van der Waals surface area contributed by atoms with Gasteiger partial charge in [0, 0.05) is 24.3 Å². The molecule has 22 heavy (non-hydrogen) atoms. The Morgan fingerprint density at radius 2 is 1.68 bits per heavy atom. The summed E-state index contributed by atoms with van der Waals surface area (Å²) in [6.07, 6.45) is 5.31. The summed E-state index contributed by atoms with van der Waals surface area (Å²) in [6, 6.07) is 17.0. The van der Waals surface area contributed by atoms with Gasteiger partial charge in [0.05, 0.1) is 11.4 Å². The Labute approximate surface area is 132 Å². The van der Waals surface area contributed by atoms with Crippen LogP contribution in [0.2, 0.25) is 0 Å². The number of fused-ring (bicyclic) bond motifs is 1. The molecule has 0 aromatic heterocycles. The zero-order valence-electron chi connectivity index (χ0n) is 13.3. The molecule has 1 aliphatic rings. The van der Waals surface area contributed by atoms with Gasteiger partial charge in [0.2, 0.25) is 0 Å². The molecule has 0 radical (unpaired) electrons. The average Bonchev–Trinajstić information content (AvgIpc) is 2.58. The fourth-order valence-corrected chi connectivity index (χ4v) is 2.90. The van der Waals surface area contributed by atoms with E-state index in [1.165, 1.54) is 16.8 Å². The van der Waals surface area contributed by atoms with Gasteiger partial charge >= 0.3 is 0 Å². The standard InChI is InChI=1S/C20H22N2/c1-3-22(4-2)18-14-12-17(13-15-18)21-20-11-7-9-16-8-5-6-10-19(16)20/h5-8,10-15H,3-4,9H2,1-2H3. The van der Waals surface area contributed by atoms with Gasteiger partial charge < -0.3 is 4.90 Å². The quantitative estimate of drug-likeness (QED) is 0.792. The van der Waals surface area contributed by atoms with E-state index in [0.29, 0.717) is 0 Å². The molecule has 0 N–H and O–H groups in total. The molecule has 0 atom stereocenters. The van der Waals surface area contributed by atoms with Crippen LogP contribution in [0.15, 0.2) is 65.7 Å². The fourth-order valence-electron chi connectivity index (χ4n) is 2.90. The van der Waals surface area contributed by atoms with Crippen LogP contribution >= 0.6 is 0 Å². The Morgan fingerprint density at radius 1 is 0.955 bits per heavy atom. The molecule has 0 aliphatic heterocycles. The van der Waals surface area contributed by atoms with Crippen molar-refractivity contribution in [3.8, 4) is 0 Å². The topological polar surface area (TPSA) is 15.6 Å². The molecule has 0 unspecified atom stereocenters. The van der Waals surface area contributed by atoms with E-state index in [1.54, 1.807) is 0 Å².